The molecule has 1 atom stereocenters. The molecule has 0 amide bonds. The van der Waals surface area contributed by atoms with Crippen molar-refractivity contribution in [2.24, 2.45) is 0 Å². The van der Waals surface area contributed by atoms with Crippen molar-refractivity contribution in [3.63, 3.8) is 0 Å². The van der Waals surface area contributed by atoms with Gasteiger partial charge in [0.1, 0.15) is 0 Å². The molecule has 0 spiro atoms. The highest BCUT2D eigenvalue weighted by Gasteiger charge is 2.21. The van der Waals surface area contributed by atoms with Crippen molar-refractivity contribution in [3.8, 4) is 0 Å². The van der Waals surface area contributed by atoms with Gasteiger partial charge in [-0.2, -0.15) is 0 Å². The Morgan fingerprint density at radius 2 is 2.47 bits per heavy atom. The third kappa shape index (κ3) is 3.54. The highest BCUT2D eigenvalue weighted by molar-refractivity contribution is 5.05. The summed E-state index contributed by atoms with van der Waals surface area (Å²) in [6.45, 7) is 8.38. The van der Waals surface area contributed by atoms with Crippen molar-refractivity contribution in [1.29, 1.82) is 0 Å². The molecule has 0 saturated carbocycles. The molecule has 1 aromatic heterocycles. The highest BCUT2D eigenvalue weighted by Crippen LogP contribution is 2.19. The Morgan fingerprint density at radius 3 is 3.18 bits per heavy atom. The third-order valence-electron chi connectivity index (χ3n) is 3.39. The van der Waals surface area contributed by atoms with E-state index in [0.29, 0.717) is 6.04 Å². The van der Waals surface area contributed by atoms with Gasteiger partial charge in [0, 0.05) is 18.7 Å². The van der Waals surface area contributed by atoms with Crippen LogP contribution in [-0.4, -0.2) is 29.2 Å². The van der Waals surface area contributed by atoms with Gasteiger partial charge in [-0.3, -0.25) is 4.90 Å². The Bertz CT molecular complexity index is 337. The van der Waals surface area contributed by atoms with Gasteiger partial charge in [0.25, 0.3) is 0 Å². The molecule has 1 aliphatic heterocycles. The summed E-state index contributed by atoms with van der Waals surface area (Å²) in [5.74, 6) is 0.993. The molecular weight excluding hydrogens is 214 g/mol. The third-order valence-corrected chi connectivity index (χ3v) is 3.39. The molecule has 1 aliphatic rings. The van der Waals surface area contributed by atoms with Crippen molar-refractivity contribution >= 4 is 0 Å². The van der Waals surface area contributed by atoms with E-state index in [4.69, 9.17) is 4.52 Å². The van der Waals surface area contributed by atoms with Crippen LogP contribution in [0.25, 0.3) is 0 Å². The van der Waals surface area contributed by atoms with Crippen LogP contribution in [0.15, 0.2) is 10.6 Å². The molecule has 1 aromatic rings. The maximum Gasteiger partial charge on any atom is 0.151 e. The SMILES string of the molecule is CCCNCc1cc(CN2CCCC2C)on1. The fraction of sp³-hybridized carbons (Fsp3) is 0.769. The lowest BCUT2D eigenvalue weighted by atomic mass is 10.2. The van der Waals surface area contributed by atoms with Crippen LogP contribution in [0, 0.1) is 0 Å². The predicted molar refractivity (Wildman–Crippen MR) is 67.6 cm³/mol. The Balaban J connectivity index is 1.81. The molecule has 0 radical (unpaired) electrons. The zero-order valence-electron chi connectivity index (χ0n) is 10.9. The fourth-order valence-electron chi connectivity index (χ4n) is 2.33. The number of nitrogens with zero attached hydrogens (tertiary/aromatic N) is 2. The lowest BCUT2D eigenvalue weighted by Gasteiger charge is -2.18. The average molecular weight is 237 g/mol. The topological polar surface area (TPSA) is 41.3 Å². The van der Waals surface area contributed by atoms with Gasteiger partial charge >= 0.3 is 0 Å². The number of likely N-dealkylation sites (tertiary alicyclic amines) is 1. The number of rotatable bonds is 6. The molecule has 1 fully saturated rings. The molecule has 1 unspecified atom stereocenters. The normalized spacial score (nSPS) is 21.2. The average Bonchev–Trinajstić information content (AvgIpc) is 2.91. The summed E-state index contributed by atoms with van der Waals surface area (Å²) in [4.78, 5) is 2.46. The summed E-state index contributed by atoms with van der Waals surface area (Å²) in [5, 5.41) is 7.42. The first kappa shape index (κ1) is 12.6. The summed E-state index contributed by atoms with van der Waals surface area (Å²) < 4.78 is 5.37. The van der Waals surface area contributed by atoms with Crippen LogP contribution in [0.2, 0.25) is 0 Å². The number of nitrogens with one attached hydrogen (secondary N) is 1. The summed E-state index contributed by atoms with van der Waals surface area (Å²) in [7, 11) is 0. The predicted octanol–water partition coefficient (Wildman–Crippen LogP) is 2.16. The monoisotopic (exact) mass is 237 g/mol. The lowest BCUT2D eigenvalue weighted by Crippen LogP contribution is -2.25. The standard InChI is InChI=1S/C13H23N3O/c1-3-6-14-9-12-8-13(17-15-12)10-16-7-4-5-11(16)2/h8,11,14H,3-7,9-10H2,1-2H3. The number of hydrogen-bond donors (Lipinski definition) is 1. The zero-order valence-corrected chi connectivity index (χ0v) is 10.9. The van der Waals surface area contributed by atoms with Gasteiger partial charge in [-0.1, -0.05) is 12.1 Å². The second kappa shape index (κ2) is 6.17. The summed E-state index contributed by atoms with van der Waals surface area (Å²) in [5.41, 5.74) is 1.01. The van der Waals surface area contributed by atoms with Gasteiger partial charge in [-0.25, -0.2) is 0 Å². The van der Waals surface area contributed by atoms with E-state index >= 15 is 0 Å². The molecule has 2 heterocycles. The van der Waals surface area contributed by atoms with Crippen molar-refractivity contribution in [3.05, 3.63) is 17.5 Å². The molecule has 1 N–H and O–H groups in total. The van der Waals surface area contributed by atoms with Crippen LogP contribution in [0.3, 0.4) is 0 Å². The molecule has 96 valence electrons. The van der Waals surface area contributed by atoms with Crippen molar-refractivity contribution in [1.82, 2.24) is 15.4 Å². The van der Waals surface area contributed by atoms with Gasteiger partial charge in [0.05, 0.1) is 12.2 Å². The maximum absolute atomic E-state index is 5.37. The summed E-state index contributed by atoms with van der Waals surface area (Å²) in [6, 6.07) is 2.76. The van der Waals surface area contributed by atoms with Gasteiger partial charge < -0.3 is 9.84 Å². The summed E-state index contributed by atoms with van der Waals surface area (Å²) in [6.07, 6.45) is 3.76. The van der Waals surface area contributed by atoms with E-state index in [1.807, 2.05) is 0 Å². The van der Waals surface area contributed by atoms with Crippen molar-refractivity contribution in [2.75, 3.05) is 13.1 Å². The van der Waals surface area contributed by atoms with Crippen LogP contribution in [0.4, 0.5) is 0 Å². The van der Waals surface area contributed by atoms with Gasteiger partial charge in [0.2, 0.25) is 0 Å². The van der Waals surface area contributed by atoms with Gasteiger partial charge in [-0.05, 0) is 39.3 Å². The number of aromatic nitrogens is 1. The molecule has 0 aliphatic carbocycles. The first-order valence-electron chi connectivity index (χ1n) is 6.69. The minimum atomic E-state index is 0.682. The maximum atomic E-state index is 5.37. The Hall–Kier alpha value is -0.870. The van der Waals surface area contributed by atoms with Crippen molar-refractivity contribution < 1.29 is 4.52 Å². The Labute approximate surface area is 103 Å². The molecule has 4 heteroatoms. The van der Waals surface area contributed by atoms with E-state index in [9.17, 15) is 0 Å². The molecule has 4 nitrogen and oxygen atoms in total. The second-order valence-corrected chi connectivity index (χ2v) is 4.92. The van der Waals surface area contributed by atoms with Gasteiger partial charge in [0.15, 0.2) is 5.76 Å². The van der Waals surface area contributed by atoms with E-state index in [-0.39, 0.29) is 0 Å². The molecule has 1 saturated heterocycles. The minimum Gasteiger partial charge on any atom is -0.360 e. The van der Waals surface area contributed by atoms with Gasteiger partial charge in [-0.15, -0.1) is 0 Å². The van der Waals surface area contributed by atoms with E-state index in [0.717, 1.165) is 37.5 Å². The van der Waals surface area contributed by atoms with Crippen LogP contribution < -0.4 is 5.32 Å². The Kier molecular flexibility index (Phi) is 4.57. The zero-order chi connectivity index (χ0) is 12.1. The first-order valence-corrected chi connectivity index (χ1v) is 6.69. The highest BCUT2D eigenvalue weighted by atomic mass is 16.5. The van der Waals surface area contributed by atoms with E-state index in [2.05, 4.69) is 35.3 Å². The van der Waals surface area contributed by atoms with Crippen LogP contribution in [0.5, 0.6) is 0 Å². The largest absolute Gasteiger partial charge is 0.360 e. The molecule has 2 rings (SSSR count). The quantitative estimate of drug-likeness (QED) is 0.770. The molecular formula is C13H23N3O. The van der Waals surface area contributed by atoms with E-state index in [1.165, 1.54) is 19.4 Å². The van der Waals surface area contributed by atoms with E-state index < -0.39 is 0 Å². The van der Waals surface area contributed by atoms with E-state index in [1.54, 1.807) is 0 Å². The summed E-state index contributed by atoms with van der Waals surface area (Å²) >= 11 is 0. The van der Waals surface area contributed by atoms with Crippen LogP contribution in [0.1, 0.15) is 44.6 Å². The van der Waals surface area contributed by atoms with Crippen molar-refractivity contribution in [2.45, 2.75) is 52.2 Å². The fourth-order valence-corrected chi connectivity index (χ4v) is 2.33. The first-order chi connectivity index (χ1) is 8.29. The molecule has 0 bridgehead atoms. The molecule has 17 heavy (non-hydrogen) atoms. The molecule has 0 aromatic carbocycles. The smallest absolute Gasteiger partial charge is 0.151 e. The lowest BCUT2D eigenvalue weighted by molar-refractivity contribution is 0.225. The second-order valence-electron chi connectivity index (χ2n) is 4.92. The number of hydrogen-bond acceptors (Lipinski definition) is 4. The van der Waals surface area contributed by atoms with Crippen LogP contribution >= 0.6 is 0 Å². The van der Waals surface area contributed by atoms with Crippen LogP contribution in [-0.2, 0) is 13.1 Å². The Morgan fingerprint density at radius 1 is 1.59 bits per heavy atom. The minimum absolute atomic E-state index is 0.682.